The Hall–Kier alpha value is -2.80. The minimum atomic E-state index is 0.00914. The molecular formula is C23H28N6O. The van der Waals surface area contributed by atoms with Crippen molar-refractivity contribution in [1.29, 1.82) is 0 Å². The number of fused-ring (bicyclic) bond motifs is 1. The molecule has 0 aliphatic carbocycles. The summed E-state index contributed by atoms with van der Waals surface area (Å²) in [6.45, 7) is 4.87. The fourth-order valence-electron chi connectivity index (χ4n) is 4.62. The highest BCUT2D eigenvalue weighted by molar-refractivity contribution is 5.56. The van der Waals surface area contributed by atoms with Crippen molar-refractivity contribution in [3.8, 4) is 11.3 Å². The molecular weight excluding hydrogens is 376 g/mol. The summed E-state index contributed by atoms with van der Waals surface area (Å²) in [5.74, 6) is 0.514. The first-order chi connectivity index (χ1) is 14.7. The Labute approximate surface area is 176 Å². The van der Waals surface area contributed by atoms with Gasteiger partial charge in [-0.25, -0.2) is 4.98 Å². The number of nitrogens with zero attached hydrogens (tertiary/aromatic N) is 6. The average Bonchev–Trinajstić information content (AvgIpc) is 3.19. The van der Waals surface area contributed by atoms with Crippen LogP contribution in [-0.4, -0.2) is 42.3 Å². The Morgan fingerprint density at radius 1 is 1.10 bits per heavy atom. The highest BCUT2D eigenvalue weighted by Crippen LogP contribution is 2.22. The first-order valence-corrected chi connectivity index (χ1v) is 11.0. The maximum absolute atomic E-state index is 12.6. The molecule has 156 valence electrons. The number of aromatic nitrogens is 5. The summed E-state index contributed by atoms with van der Waals surface area (Å²) in [7, 11) is 0. The Morgan fingerprint density at radius 2 is 2.00 bits per heavy atom. The minimum Gasteiger partial charge on any atom is -0.299 e. The van der Waals surface area contributed by atoms with Gasteiger partial charge in [0.15, 0.2) is 0 Å². The van der Waals surface area contributed by atoms with Crippen LogP contribution in [0.3, 0.4) is 0 Å². The molecule has 0 unspecified atom stereocenters. The molecule has 5 rings (SSSR count). The molecule has 0 N–H and O–H groups in total. The lowest BCUT2D eigenvalue weighted by Gasteiger charge is -2.31. The zero-order chi connectivity index (χ0) is 20.3. The average molecular weight is 405 g/mol. The molecule has 5 heterocycles. The van der Waals surface area contributed by atoms with Crippen molar-refractivity contribution in [3.05, 3.63) is 64.7 Å². The van der Waals surface area contributed by atoms with E-state index >= 15 is 0 Å². The van der Waals surface area contributed by atoms with Crippen LogP contribution in [0.5, 0.6) is 0 Å². The predicted molar refractivity (Wildman–Crippen MR) is 115 cm³/mol. The third-order valence-corrected chi connectivity index (χ3v) is 6.35. The summed E-state index contributed by atoms with van der Waals surface area (Å²) < 4.78 is 3.95. The third kappa shape index (κ3) is 4.21. The van der Waals surface area contributed by atoms with Gasteiger partial charge in [-0.1, -0.05) is 0 Å². The van der Waals surface area contributed by atoms with Gasteiger partial charge in [0.25, 0.3) is 5.56 Å². The van der Waals surface area contributed by atoms with Crippen molar-refractivity contribution >= 4 is 0 Å². The van der Waals surface area contributed by atoms with Crippen LogP contribution in [0.15, 0.2) is 47.8 Å². The van der Waals surface area contributed by atoms with Gasteiger partial charge in [0.2, 0.25) is 0 Å². The second-order valence-corrected chi connectivity index (χ2v) is 8.53. The van der Waals surface area contributed by atoms with E-state index in [1.165, 1.54) is 24.2 Å². The van der Waals surface area contributed by atoms with Crippen molar-refractivity contribution < 1.29 is 0 Å². The topological polar surface area (TPSA) is 68.8 Å². The molecule has 3 aromatic rings. The second-order valence-electron chi connectivity index (χ2n) is 8.53. The van der Waals surface area contributed by atoms with E-state index in [1.807, 2.05) is 12.1 Å². The van der Waals surface area contributed by atoms with Gasteiger partial charge in [-0.05, 0) is 69.3 Å². The normalized spacial score (nSPS) is 17.7. The monoisotopic (exact) mass is 404 g/mol. The van der Waals surface area contributed by atoms with E-state index in [1.54, 1.807) is 29.4 Å². The molecule has 0 radical (unpaired) electrons. The van der Waals surface area contributed by atoms with Crippen molar-refractivity contribution in [2.75, 3.05) is 13.1 Å². The van der Waals surface area contributed by atoms with Gasteiger partial charge in [0.05, 0.1) is 17.7 Å². The molecule has 0 amide bonds. The Balaban J connectivity index is 1.16. The standard InChI is InChI=1S/C23H28N6O/c30-23-13-22(19-4-3-8-24-14-19)25-17-28(23)15-18-6-10-27(11-7-18)16-20-12-21-5-1-2-9-29(21)26-20/h3-4,8,12-14,17-18H,1-2,5-7,9-11,15-16H2. The van der Waals surface area contributed by atoms with Crippen LogP contribution in [-0.2, 0) is 26.1 Å². The largest absolute Gasteiger partial charge is 0.299 e. The molecule has 0 saturated carbocycles. The minimum absolute atomic E-state index is 0.00914. The number of hydrogen-bond acceptors (Lipinski definition) is 5. The Morgan fingerprint density at radius 3 is 2.77 bits per heavy atom. The quantitative estimate of drug-likeness (QED) is 0.654. The van der Waals surface area contributed by atoms with E-state index in [-0.39, 0.29) is 5.56 Å². The van der Waals surface area contributed by atoms with E-state index in [2.05, 4.69) is 25.6 Å². The molecule has 3 aromatic heterocycles. The van der Waals surface area contributed by atoms with Crippen LogP contribution < -0.4 is 5.56 Å². The van der Waals surface area contributed by atoms with E-state index in [9.17, 15) is 4.79 Å². The van der Waals surface area contributed by atoms with Gasteiger partial charge < -0.3 is 0 Å². The molecule has 30 heavy (non-hydrogen) atoms. The number of rotatable bonds is 5. The van der Waals surface area contributed by atoms with Crippen LogP contribution in [0.2, 0.25) is 0 Å². The molecule has 7 heteroatoms. The predicted octanol–water partition coefficient (Wildman–Crippen LogP) is 2.75. The first kappa shape index (κ1) is 19.2. The van der Waals surface area contributed by atoms with E-state index < -0.39 is 0 Å². The lowest BCUT2D eigenvalue weighted by Crippen LogP contribution is -2.36. The number of aryl methyl sites for hydroxylation is 2. The lowest BCUT2D eigenvalue weighted by molar-refractivity contribution is 0.164. The zero-order valence-corrected chi connectivity index (χ0v) is 17.3. The maximum atomic E-state index is 12.6. The number of piperidine rings is 1. The molecule has 2 aliphatic heterocycles. The van der Waals surface area contributed by atoms with Gasteiger partial charge in [0, 0.05) is 49.4 Å². The maximum Gasteiger partial charge on any atom is 0.253 e. The van der Waals surface area contributed by atoms with Crippen molar-refractivity contribution in [2.24, 2.45) is 5.92 Å². The summed E-state index contributed by atoms with van der Waals surface area (Å²) in [4.78, 5) is 23.7. The SMILES string of the molecule is O=c1cc(-c2cccnc2)ncn1CC1CCN(Cc2cc3n(n2)CCCC3)CC1. The van der Waals surface area contributed by atoms with Gasteiger partial charge in [-0.2, -0.15) is 5.10 Å². The molecule has 7 nitrogen and oxygen atoms in total. The van der Waals surface area contributed by atoms with Crippen LogP contribution in [0, 0.1) is 5.92 Å². The summed E-state index contributed by atoms with van der Waals surface area (Å²) in [5, 5.41) is 4.79. The van der Waals surface area contributed by atoms with Crippen LogP contribution in [0.4, 0.5) is 0 Å². The van der Waals surface area contributed by atoms with Crippen molar-refractivity contribution in [2.45, 2.75) is 51.7 Å². The molecule has 0 aromatic carbocycles. The Kier molecular flexibility index (Phi) is 5.45. The van der Waals surface area contributed by atoms with Gasteiger partial charge in [0.1, 0.15) is 0 Å². The summed E-state index contributed by atoms with van der Waals surface area (Å²) >= 11 is 0. The first-order valence-electron chi connectivity index (χ1n) is 11.0. The fourth-order valence-corrected chi connectivity index (χ4v) is 4.62. The van der Waals surface area contributed by atoms with Gasteiger partial charge in [-0.3, -0.25) is 23.9 Å². The van der Waals surface area contributed by atoms with Crippen molar-refractivity contribution in [3.63, 3.8) is 0 Å². The highest BCUT2D eigenvalue weighted by atomic mass is 16.1. The fraction of sp³-hybridized carbons (Fsp3) is 0.478. The van der Waals surface area contributed by atoms with E-state index in [0.29, 0.717) is 11.6 Å². The molecule has 2 aliphatic rings. The smallest absolute Gasteiger partial charge is 0.253 e. The van der Waals surface area contributed by atoms with Gasteiger partial charge >= 0.3 is 0 Å². The highest BCUT2D eigenvalue weighted by Gasteiger charge is 2.22. The van der Waals surface area contributed by atoms with E-state index in [0.717, 1.165) is 57.5 Å². The zero-order valence-electron chi connectivity index (χ0n) is 17.3. The Bertz CT molecular complexity index is 1030. The van der Waals surface area contributed by atoms with Crippen LogP contribution in [0.25, 0.3) is 11.3 Å². The summed E-state index contributed by atoms with van der Waals surface area (Å²) in [5.41, 5.74) is 4.16. The van der Waals surface area contributed by atoms with Crippen molar-refractivity contribution in [1.82, 2.24) is 29.2 Å². The molecule has 0 atom stereocenters. The van der Waals surface area contributed by atoms with E-state index in [4.69, 9.17) is 5.10 Å². The summed E-state index contributed by atoms with van der Waals surface area (Å²) in [6.07, 6.45) is 11.0. The van der Waals surface area contributed by atoms with Crippen LogP contribution in [0.1, 0.15) is 37.1 Å². The summed E-state index contributed by atoms with van der Waals surface area (Å²) in [6, 6.07) is 7.69. The molecule has 0 bridgehead atoms. The molecule has 1 fully saturated rings. The molecule has 0 spiro atoms. The van der Waals surface area contributed by atoms with Gasteiger partial charge in [-0.15, -0.1) is 0 Å². The van der Waals surface area contributed by atoms with Crippen LogP contribution >= 0.6 is 0 Å². The number of likely N-dealkylation sites (tertiary alicyclic amines) is 1. The number of pyridine rings is 1. The number of hydrogen-bond donors (Lipinski definition) is 0. The third-order valence-electron chi connectivity index (χ3n) is 6.35. The molecule has 1 saturated heterocycles. The second kappa shape index (κ2) is 8.52. The lowest BCUT2D eigenvalue weighted by atomic mass is 9.96.